The fourth-order valence-corrected chi connectivity index (χ4v) is 2.77. The quantitative estimate of drug-likeness (QED) is 0.785. The van der Waals surface area contributed by atoms with E-state index in [0.717, 1.165) is 0 Å². The van der Waals surface area contributed by atoms with Gasteiger partial charge in [-0.25, -0.2) is 4.63 Å². The van der Waals surface area contributed by atoms with Gasteiger partial charge in [-0.2, -0.15) is 0 Å². The molecule has 0 fully saturated rings. The Morgan fingerprint density at radius 3 is 3.00 bits per heavy atom. The number of amides is 1. The molecular weight excluding hydrogens is 314 g/mol. The number of rotatable bonds is 4. The van der Waals surface area contributed by atoms with E-state index in [-0.39, 0.29) is 23.8 Å². The molecule has 0 saturated heterocycles. The fourth-order valence-electron chi connectivity index (χ4n) is 2.77. The summed E-state index contributed by atoms with van der Waals surface area (Å²) >= 11 is 0. The van der Waals surface area contributed by atoms with Crippen LogP contribution in [-0.4, -0.2) is 41.0 Å². The molecule has 1 amide bonds. The monoisotopic (exact) mass is 333 g/mol. The van der Waals surface area contributed by atoms with Crippen molar-refractivity contribution in [1.29, 1.82) is 0 Å². The molecule has 2 aromatic heterocycles. The third kappa shape index (κ3) is 3.02. The minimum absolute atomic E-state index is 0.168. The predicted octanol–water partition coefficient (Wildman–Crippen LogP) is -0.376. The van der Waals surface area contributed by atoms with E-state index < -0.39 is 0 Å². The van der Waals surface area contributed by atoms with Crippen molar-refractivity contribution in [3.8, 4) is 5.75 Å². The number of aryl methyl sites for hydroxylation is 1. The molecule has 1 aliphatic rings. The summed E-state index contributed by atoms with van der Waals surface area (Å²) in [4.78, 5) is 25.0. The number of pyridine rings is 1. The first-order valence-electron chi connectivity index (χ1n) is 7.69. The maximum atomic E-state index is 12.7. The fraction of sp³-hybridized carbons (Fsp3) is 0.467. The molecule has 1 aliphatic heterocycles. The van der Waals surface area contributed by atoms with Crippen molar-refractivity contribution in [3.63, 3.8) is 0 Å². The Balaban J connectivity index is 1.94. The largest absolute Gasteiger partial charge is 0.496 e. The van der Waals surface area contributed by atoms with Gasteiger partial charge in [0.1, 0.15) is 22.7 Å². The van der Waals surface area contributed by atoms with Crippen molar-refractivity contribution in [2.45, 2.75) is 26.4 Å². The maximum absolute atomic E-state index is 12.7. The number of hydrogen-bond donors (Lipinski definition) is 2. The molecule has 0 saturated carbocycles. The third-order valence-corrected chi connectivity index (χ3v) is 4.04. The maximum Gasteiger partial charge on any atom is 0.257 e. The molecule has 0 aromatic carbocycles. The molecule has 2 N–H and O–H groups in total. The highest BCUT2D eigenvalue weighted by Gasteiger charge is 2.23. The standard InChI is InChI=1S/C15H19N5O4/c1-9-10(19-24-18-9)8-17-15(22)14-11-3-4-16-5-6-20(11)13(21)7-12(14)23-2/h7,16H,3-6,8H2,1-2H3,(H,17,22). The van der Waals surface area contributed by atoms with E-state index in [9.17, 15) is 9.59 Å². The molecule has 0 spiro atoms. The number of aromatic nitrogens is 3. The van der Waals surface area contributed by atoms with Gasteiger partial charge in [-0.15, -0.1) is 0 Å². The molecule has 0 radical (unpaired) electrons. The van der Waals surface area contributed by atoms with Gasteiger partial charge in [0, 0.05) is 37.8 Å². The Bertz CT molecular complexity index is 811. The van der Waals surface area contributed by atoms with E-state index in [1.165, 1.54) is 13.2 Å². The molecule has 9 heteroatoms. The van der Waals surface area contributed by atoms with Gasteiger partial charge in [-0.1, -0.05) is 10.3 Å². The lowest BCUT2D eigenvalue weighted by Gasteiger charge is -2.17. The molecule has 9 nitrogen and oxygen atoms in total. The van der Waals surface area contributed by atoms with E-state index in [2.05, 4.69) is 25.6 Å². The van der Waals surface area contributed by atoms with Crippen LogP contribution < -0.4 is 20.9 Å². The van der Waals surface area contributed by atoms with Gasteiger partial charge in [0.25, 0.3) is 11.5 Å². The summed E-state index contributed by atoms with van der Waals surface area (Å²) in [6.45, 7) is 3.83. The van der Waals surface area contributed by atoms with Crippen LogP contribution >= 0.6 is 0 Å². The molecule has 0 bridgehead atoms. The Morgan fingerprint density at radius 2 is 2.29 bits per heavy atom. The average Bonchev–Trinajstić information content (AvgIpc) is 2.83. The third-order valence-electron chi connectivity index (χ3n) is 4.04. The van der Waals surface area contributed by atoms with Gasteiger partial charge >= 0.3 is 0 Å². The lowest BCUT2D eigenvalue weighted by Crippen LogP contribution is -2.31. The first-order chi connectivity index (χ1) is 11.6. The SMILES string of the molecule is COc1cc(=O)n2c(c1C(=O)NCc1nonc1C)CCNCC2. The lowest BCUT2D eigenvalue weighted by atomic mass is 10.1. The van der Waals surface area contributed by atoms with Crippen molar-refractivity contribution in [1.82, 2.24) is 25.5 Å². The van der Waals surface area contributed by atoms with Crippen LogP contribution in [0.15, 0.2) is 15.5 Å². The van der Waals surface area contributed by atoms with Gasteiger partial charge in [-0.05, 0) is 6.92 Å². The molecule has 2 aromatic rings. The van der Waals surface area contributed by atoms with Gasteiger partial charge in [0.05, 0.1) is 13.7 Å². The van der Waals surface area contributed by atoms with Gasteiger partial charge in [0.15, 0.2) is 0 Å². The second kappa shape index (κ2) is 6.83. The molecule has 0 atom stereocenters. The highest BCUT2D eigenvalue weighted by atomic mass is 16.6. The molecule has 0 aliphatic carbocycles. The first-order valence-corrected chi connectivity index (χ1v) is 7.69. The zero-order valence-corrected chi connectivity index (χ0v) is 13.6. The Hall–Kier alpha value is -2.68. The lowest BCUT2D eigenvalue weighted by molar-refractivity contribution is 0.0944. The summed E-state index contributed by atoms with van der Waals surface area (Å²) in [5.74, 6) is -0.0412. The van der Waals surface area contributed by atoms with Crippen LogP contribution in [0.3, 0.4) is 0 Å². The number of nitrogens with zero attached hydrogens (tertiary/aromatic N) is 3. The number of carbonyl (C=O) groups is 1. The Kier molecular flexibility index (Phi) is 4.61. The second-order valence-electron chi connectivity index (χ2n) is 5.50. The topological polar surface area (TPSA) is 111 Å². The second-order valence-corrected chi connectivity index (χ2v) is 5.50. The summed E-state index contributed by atoms with van der Waals surface area (Å²) in [6.07, 6.45) is 0.569. The zero-order valence-electron chi connectivity index (χ0n) is 13.6. The van der Waals surface area contributed by atoms with Crippen LogP contribution in [0.25, 0.3) is 0 Å². The Morgan fingerprint density at radius 1 is 1.46 bits per heavy atom. The van der Waals surface area contributed by atoms with Crippen LogP contribution in [0.2, 0.25) is 0 Å². The zero-order chi connectivity index (χ0) is 17.1. The van der Waals surface area contributed by atoms with Crippen molar-refractivity contribution in [2.24, 2.45) is 0 Å². The smallest absolute Gasteiger partial charge is 0.257 e. The van der Waals surface area contributed by atoms with Crippen LogP contribution in [-0.2, 0) is 19.5 Å². The predicted molar refractivity (Wildman–Crippen MR) is 84.0 cm³/mol. The molecule has 24 heavy (non-hydrogen) atoms. The molecule has 0 unspecified atom stereocenters. The van der Waals surface area contributed by atoms with Gasteiger partial charge in [-0.3, -0.25) is 9.59 Å². The van der Waals surface area contributed by atoms with Crippen LogP contribution in [0.1, 0.15) is 27.4 Å². The number of ether oxygens (including phenoxy) is 1. The normalized spacial score (nSPS) is 13.9. The molecule has 3 heterocycles. The van der Waals surface area contributed by atoms with Gasteiger partial charge < -0.3 is 19.9 Å². The summed E-state index contributed by atoms with van der Waals surface area (Å²) < 4.78 is 11.5. The summed E-state index contributed by atoms with van der Waals surface area (Å²) in [6, 6.07) is 1.35. The highest BCUT2D eigenvalue weighted by molar-refractivity contribution is 5.98. The number of methoxy groups -OCH3 is 1. The van der Waals surface area contributed by atoms with Crippen molar-refractivity contribution in [3.05, 3.63) is 39.1 Å². The number of nitrogens with one attached hydrogen (secondary N) is 2. The number of hydrogen-bond acceptors (Lipinski definition) is 7. The van der Waals surface area contributed by atoms with Crippen molar-refractivity contribution >= 4 is 5.91 Å². The van der Waals surface area contributed by atoms with E-state index >= 15 is 0 Å². The molecule has 128 valence electrons. The average molecular weight is 333 g/mol. The highest BCUT2D eigenvalue weighted by Crippen LogP contribution is 2.21. The first kappa shape index (κ1) is 16.2. The number of carbonyl (C=O) groups excluding carboxylic acids is 1. The molecule has 3 rings (SSSR count). The van der Waals surface area contributed by atoms with Crippen molar-refractivity contribution in [2.75, 3.05) is 20.2 Å². The van der Waals surface area contributed by atoms with Crippen LogP contribution in [0.5, 0.6) is 5.75 Å². The van der Waals surface area contributed by atoms with E-state index in [1.54, 1.807) is 11.5 Å². The summed E-state index contributed by atoms with van der Waals surface area (Å²) in [7, 11) is 1.45. The van der Waals surface area contributed by atoms with Crippen LogP contribution in [0, 0.1) is 6.92 Å². The van der Waals surface area contributed by atoms with E-state index in [1.807, 2.05) is 0 Å². The minimum atomic E-state index is -0.320. The van der Waals surface area contributed by atoms with Gasteiger partial charge in [0.2, 0.25) is 0 Å². The Labute approximate surface area is 138 Å². The van der Waals surface area contributed by atoms with Crippen molar-refractivity contribution < 1.29 is 14.2 Å². The molecular formula is C15H19N5O4. The van der Waals surface area contributed by atoms with E-state index in [0.29, 0.717) is 48.7 Å². The number of fused-ring (bicyclic) bond motifs is 1. The van der Waals surface area contributed by atoms with E-state index in [4.69, 9.17) is 4.74 Å². The minimum Gasteiger partial charge on any atom is -0.496 e. The summed E-state index contributed by atoms with van der Waals surface area (Å²) in [5, 5.41) is 13.4. The van der Waals surface area contributed by atoms with Crippen LogP contribution in [0.4, 0.5) is 0 Å². The summed E-state index contributed by atoms with van der Waals surface area (Å²) in [5.41, 5.74) is 2.07.